The number of methoxy groups -OCH3 is 1. The summed E-state index contributed by atoms with van der Waals surface area (Å²) >= 11 is 1.11. The van der Waals surface area contributed by atoms with Gasteiger partial charge < -0.3 is 19.7 Å². The average Bonchev–Trinajstić information content (AvgIpc) is 3.74. The number of benzene rings is 2. The average molecular weight is 719 g/mol. The van der Waals surface area contributed by atoms with Gasteiger partial charge in [0.05, 0.1) is 40.3 Å². The lowest BCUT2D eigenvalue weighted by Crippen LogP contribution is -2.48. The fourth-order valence-electron chi connectivity index (χ4n) is 6.31. The summed E-state index contributed by atoms with van der Waals surface area (Å²) in [7, 11) is 6.84. The van der Waals surface area contributed by atoms with Crippen LogP contribution < -0.4 is 10.1 Å². The second kappa shape index (κ2) is 14.7. The van der Waals surface area contributed by atoms with Crippen LogP contribution in [-0.4, -0.2) is 84.3 Å². The van der Waals surface area contributed by atoms with E-state index >= 15 is 8.78 Å². The molecule has 0 unspecified atom stereocenters. The van der Waals surface area contributed by atoms with Crippen molar-refractivity contribution < 1.29 is 32.2 Å². The Labute approximate surface area is 296 Å². The number of hydrogen-bond donors (Lipinski definition) is 2. The Morgan fingerprint density at radius 3 is 2.63 bits per heavy atom. The Bertz CT molecular complexity index is 2150. The lowest BCUT2D eigenvalue weighted by atomic mass is 9.90. The number of nitrogens with zero attached hydrogens (tertiary/aromatic N) is 4. The zero-order valence-electron chi connectivity index (χ0n) is 28.8. The molecule has 0 radical (unpaired) electrons. The quantitative estimate of drug-likeness (QED) is 0.122. The number of amides is 2. The zero-order chi connectivity index (χ0) is 36.6. The molecule has 5 aromatic rings. The van der Waals surface area contributed by atoms with Crippen molar-refractivity contribution in [2.75, 3.05) is 41.5 Å². The molecular formula is C37H37F3N6O4S. The highest BCUT2D eigenvalue weighted by molar-refractivity contribution is 7.17. The van der Waals surface area contributed by atoms with Gasteiger partial charge in [-0.05, 0) is 49.7 Å². The topological polar surface area (TPSA) is 113 Å². The highest BCUT2D eigenvalue weighted by Crippen LogP contribution is 2.48. The van der Waals surface area contributed by atoms with Gasteiger partial charge in [0.1, 0.15) is 41.2 Å². The maximum absolute atomic E-state index is 16.2. The second-order valence-corrected chi connectivity index (χ2v) is 13.4. The summed E-state index contributed by atoms with van der Waals surface area (Å²) in [6.07, 6.45) is 1.67. The number of aromatic amines is 1. The Morgan fingerprint density at radius 1 is 1.12 bits per heavy atom. The van der Waals surface area contributed by atoms with Gasteiger partial charge in [0.25, 0.3) is 0 Å². The molecule has 14 heteroatoms. The Balaban J connectivity index is 1.58. The van der Waals surface area contributed by atoms with Crippen LogP contribution >= 0.6 is 11.3 Å². The minimum atomic E-state index is -0.980. The lowest BCUT2D eigenvalue weighted by molar-refractivity contribution is -0.134. The van der Waals surface area contributed by atoms with Gasteiger partial charge in [-0.15, -0.1) is 11.3 Å². The first kappa shape index (κ1) is 35.8. The lowest BCUT2D eigenvalue weighted by Gasteiger charge is -2.34. The monoisotopic (exact) mass is 718 g/mol. The molecule has 0 bridgehead atoms. The predicted octanol–water partition coefficient (Wildman–Crippen LogP) is 6.27. The number of pyridine rings is 1. The van der Waals surface area contributed by atoms with Crippen LogP contribution in [0.3, 0.4) is 0 Å². The van der Waals surface area contributed by atoms with Crippen LogP contribution in [0.15, 0.2) is 54.4 Å². The molecule has 6 rings (SSSR count). The number of fused-ring (bicyclic) bond motifs is 2. The molecule has 0 saturated heterocycles. The Hall–Kier alpha value is -5.05. The van der Waals surface area contributed by atoms with Gasteiger partial charge in [0.15, 0.2) is 0 Å². The van der Waals surface area contributed by atoms with E-state index in [1.807, 2.05) is 30.1 Å². The zero-order valence-corrected chi connectivity index (χ0v) is 29.6. The van der Waals surface area contributed by atoms with Crippen LogP contribution in [0.1, 0.15) is 29.8 Å². The smallest absolute Gasteiger partial charge is 0.243 e. The van der Waals surface area contributed by atoms with E-state index in [0.29, 0.717) is 40.7 Å². The number of ether oxygens (including phenoxy) is 2. The number of H-pyrrole nitrogens is 1. The number of rotatable bonds is 11. The minimum absolute atomic E-state index is 0.0141. The van der Waals surface area contributed by atoms with Crippen molar-refractivity contribution in [2.45, 2.75) is 32.0 Å². The first-order valence-electron chi connectivity index (χ1n) is 16.2. The molecule has 2 atom stereocenters. The number of likely N-dealkylation sites (N-methyl/N-ethyl adjacent to an activating group) is 2. The van der Waals surface area contributed by atoms with Gasteiger partial charge in [0, 0.05) is 61.8 Å². The molecule has 266 valence electrons. The van der Waals surface area contributed by atoms with Gasteiger partial charge in [-0.1, -0.05) is 18.7 Å². The summed E-state index contributed by atoms with van der Waals surface area (Å²) in [5.41, 5.74) is 3.77. The number of aromatic nitrogens is 3. The summed E-state index contributed by atoms with van der Waals surface area (Å²) in [4.78, 5) is 33.6. The number of thiophene rings is 1. The molecule has 0 aliphatic carbocycles. The van der Waals surface area contributed by atoms with Gasteiger partial charge >= 0.3 is 0 Å². The number of nitrogens with one attached hydrogen (secondary N) is 2. The summed E-state index contributed by atoms with van der Waals surface area (Å²) in [6, 6.07) is 8.36. The number of halogens is 3. The van der Waals surface area contributed by atoms with E-state index in [2.05, 4.69) is 22.1 Å². The number of carbonyl (C=O) groups is 2. The predicted molar refractivity (Wildman–Crippen MR) is 190 cm³/mol. The standard InChI is InChI=1S/C37H37F3N6O4S/c1-7-30(47)41-19(2)26-16-27(44-43-26)35-33(31-24(39)14-23(38)15-29(31)50-11-10-49-6)32-25(40)18-51-36(32)34(42-35)21-9-8-20-13-28(37(48)45(3)4)46(5)17-22(20)12-21/h7-9,12,14-16,18-19,28H,1,10-11,13,17H2,2-6H3,(H,41,47)(H,43,44)/t19-,28+/m1/s1. The van der Waals surface area contributed by atoms with Crippen molar-refractivity contribution in [2.24, 2.45) is 0 Å². The molecule has 1 aliphatic heterocycles. The van der Waals surface area contributed by atoms with Crippen molar-refractivity contribution in [1.82, 2.24) is 30.3 Å². The van der Waals surface area contributed by atoms with E-state index in [0.717, 1.165) is 34.6 Å². The summed E-state index contributed by atoms with van der Waals surface area (Å²) < 4.78 is 58.2. The maximum Gasteiger partial charge on any atom is 0.243 e. The fraction of sp³-hybridized carbons (Fsp3) is 0.297. The number of hydrogen-bond acceptors (Lipinski definition) is 8. The van der Waals surface area contributed by atoms with Crippen LogP contribution in [0.2, 0.25) is 0 Å². The van der Waals surface area contributed by atoms with E-state index in [1.165, 1.54) is 12.5 Å². The molecular weight excluding hydrogens is 682 g/mol. The van der Waals surface area contributed by atoms with Crippen molar-refractivity contribution in [3.05, 3.63) is 88.7 Å². The SMILES string of the molecule is C=CC(=O)N[C@H](C)c1cc(-c2nc(-c3ccc4c(c3)CN(C)[C@H](C(=O)N(C)C)C4)c3scc(F)c3c2-c2c(F)cc(F)cc2OCCOC)n[nH]1. The summed E-state index contributed by atoms with van der Waals surface area (Å²) in [6.45, 7) is 5.84. The van der Waals surface area contributed by atoms with E-state index in [4.69, 9.17) is 14.5 Å². The van der Waals surface area contributed by atoms with Crippen LogP contribution in [-0.2, 0) is 27.3 Å². The molecule has 1 aliphatic rings. The third kappa shape index (κ3) is 6.99. The Morgan fingerprint density at radius 2 is 1.90 bits per heavy atom. The van der Waals surface area contributed by atoms with Gasteiger partial charge in [-0.2, -0.15) is 5.10 Å². The maximum atomic E-state index is 16.2. The van der Waals surface area contributed by atoms with Crippen molar-refractivity contribution in [3.8, 4) is 39.5 Å². The van der Waals surface area contributed by atoms with E-state index < -0.39 is 29.4 Å². The largest absolute Gasteiger partial charge is 0.490 e. The molecule has 4 heterocycles. The first-order chi connectivity index (χ1) is 24.4. The molecule has 10 nitrogen and oxygen atoms in total. The van der Waals surface area contributed by atoms with Crippen LogP contribution in [0.25, 0.3) is 43.9 Å². The van der Waals surface area contributed by atoms with Gasteiger partial charge in [-0.3, -0.25) is 19.6 Å². The second-order valence-electron chi connectivity index (χ2n) is 12.6. The van der Waals surface area contributed by atoms with Crippen LogP contribution in [0, 0.1) is 17.5 Å². The molecule has 0 spiro atoms. The minimum Gasteiger partial charge on any atom is -0.490 e. The molecule has 2 amide bonds. The molecule has 3 aromatic heterocycles. The highest BCUT2D eigenvalue weighted by atomic mass is 32.1. The van der Waals surface area contributed by atoms with Crippen molar-refractivity contribution in [3.63, 3.8) is 0 Å². The van der Waals surface area contributed by atoms with Crippen molar-refractivity contribution >= 4 is 33.2 Å². The molecule has 2 aromatic carbocycles. The van der Waals surface area contributed by atoms with Crippen LogP contribution in [0.4, 0.5) is 13.2 Å². The third-order valence-electron chi connectivity index (χ3n) is 8.91. The van der Waals surface area contributed by atoms with E-state index in [-0.39, 0.29) is 58.8 Å². The fourth-order valence-corrected chi connectivity index (χ4v) is 7.24. The van der Waals surface area contributed by atoms with E-state index in [9.17, 15) is 14.0 Å². The molecule has 2 N–H and O–H groups in total. The first-order valence-corrected chi connectivity index (χ1v) is 17.0. The molecule has 0 fully saturated rings. The number of carbonyl (C=O) groups excluding carboxylic acids is 2. The molecule has 51 heavy (non-hydrogen) atoms. The summed E-state index contributed by atoms with van der Waals surface area (Å²) in [5, 5.41) is 11.5. The highest BCUT2D eigenvalue weighted by Gasteiger charge is 2.32. The van der Waals surface area contributed by atoms with Crippen LogP contribution in [0.5, 0.6) is 5.75 Å². The Kier molecular flexibility index (Phi) is 10.3. The van der Waals surface area contributed by atoms with Gasteiger partial charge in [0.2, 0.25) is 11.8 Å². The summed E-state index contributed by atoms with van der Waals surface area (Å²) in [5.74, 6) is -3.03. The normalized spacial score (nSPS) is 15.0. The van der Waals surface area contributed by atoms with Crippen molar-refractivity contribution in [1.29, 1.82) is 0 Å². The third-order valence-corrected chi connectivity index (χ3v) is 9.86. The van der Waals surface area contributed by atoms with Gasteiger partial charge in [-0.25, -0.2) is 18.2 Å². The van der Waals surface area contributed by atoms with E-state index in [1.54, 1.807) is 32.0 Å². The molecule has 0 saturated carbocycles.